The first-order valence-corrected chi connectivity index (χ1v) is 9.31. The van der Waals surface area contributed by atoms with Gasteiger partial charge in [0.15, 0.2) is 0 Å². The Morgan fingerprint density at radius 1 is 1.16 bits per heavy atom. The predicted molar refractivity (Wildman–Crippen MR) is 104 cm³/mol. The first kappa shape index (κ1) is 17.8. The molecule has 0 aliphatic carbocycles. The van der Waals surface area contributed by atoms with Crippen molar-refractivity contribution in [2.24, 2.45) is 5.92 Å². The molecule has 1 heterocycles. The van der Waals surface area contributed by atoms with Crippen LogP contribution in [0.5, 0.6) is 0 Å². The Morgan fingerprint density at radius 2 is 1.88 bits per heavy atom. The molecular weight excluding hydrogens is 332 g/mol. The van der Waals surface area contributed by atoms with Gasteiger partial charge < -0.3 is 10.2 Å². The minimum atomic E-state index is 0.164. The molecule has 0 spiro atoms. The second-order valence-electron chi connectivity index (χ2n) is 6.83. The van der Waals surface area contributed by atoms with Crippen molar-refractivity contribution in [2.45, 2.75) is 26.2 Å². The van der Waals surface area contributed by atoms with Crippen molar-refractivity contribution < 1.29 is 4.79 Å². The minimum absolute atomic E-state index is 0.164. The van der Waals surface area contributed by atoms with Gasteiger partial charge in [-0.1, -0.05) is 48.0 Å². The number of piperidine rings is 1. The van der Waals surface area contributed by atoms with Crippen LogP contribution in [0.3, 0.4) is 0 Å². The molecule has 0 aromatic heterocycles. The number of anilines is 1. The number of hydrogen-bond acceptors (Lipinski definition) is 2. The molecule has 0 bridgehead atoms. The molecule has 1 aliphatic rings. The van der Waals surface area contributed by atoms with Gasteiger partial charge in [0.1, 0.15) is 0 Å². The quantitative estimate of drug-likeness (QED) is 0.852. The third kappa shape index (κ3) is 4.99. The van der Waals surface area contributed by atoms with Gasteiger partial charge in [-0.25, -0.2) is 0 Å². The molecule has 0 radical (unpaired) electrons. The molecule has 1 fully saturated rings. The van der Waals surface area contributed by atoms with Crippen LogP contribution < -0.4 is 5.32 Å². The Bertz CT molecular complexity index is 709. The lowest BCUT2D eigenvalue weighted by Gasteiger charge is -2.32. The molecule has 25 heavy (non-hydrogen) atoms. The molecule has 132 valence electrons. The normalized spacial score (nSPS) is 15.2. The maximum atomic E-state index is 12.5. The van der Waals surface area contributed by atoms with E-state index < -0.39 is 0 Å². The highest BCUT2D eigenvalue weighted by Crippen LogP contribution is 2.23. The summed E-state index contributed by atoms with van der Waals surface area (Å²) >= 11 is 6.03. The largest absolute Gasteiger partial charge is 0.376 e. The van der Waals surface area contributed by atoms with Gasteiger partial charge in [0.2, 0.25) is 5.91 Å². The molecule has 0 unspecified atom stereocenters. The summed E-state index contributed by atoms with van der Waals surface area (Å²) in [4.78, 5) is 14.4. The number of benzene rings is 2. The average Bonchev–Trinajstić information content (AvgIpc) is 2.64. The number of halogens is 1. The lowest BCUT2D eigenvalue weighted by molar-refractivity contribution is -0.130. The van der Waals surface area contributed by atoms with E-state index in [0.717, 1.165) is 43.6 Å². The van der Waals surface area contributed by atoms with E-state index in [1.165, 1.54) is 5.56 Å². The zero-order valence-electron chi connectivity index (χ0n) is 14.7. The van der Waals surface area contributed by atoms with E-state index >= 15 is 0 Å². The zero-order chi connectivity index (χ0) is 17.6. The van der Waals surface area contributed by atoms with Crippen LogP contribution in [-0.2, 0) is 11.2 Å². The summed E-state index contributed by atoms with van der Waals surface area (Å²) in [5, 5.41) is 3.91. The predicted octanol–water partition coefficient (Wildman–Crippen LogP) is 4.54. The number of amides is 1. The molecule has 4 heteroatoms. The second kappa shape index (κ2) is 8.39. The third-order valence-electron chi connectivity index (χ3n) is 4.96. The van der Waals surface area contributed by atoms with Crippen LogP contribution in [0.1, 0.15) is 24.0 Å². The summed E-state index contributed by atoms with van der Waals surface area (Å²) in [5.41, 5.74) is 3.42. The zero-order valence-corrected chi connectivity index (χ0v) is 15.4. The molecule has 2 aromatic rings. The molecule has 1 amide bonds. The van der Waals surface area contributed by atoms with Crippen molar-refractivity contribution in [1.82, 2.24) is 4.90 Å². The van der Waals surface area contributed by atoms with Gasteiger partial charge in [0.25, 0.3) is 0 Å². The van der Waals surface area contributed by atoms with Gasteiger partial charge in [-0.2, -0.15) is 0 Å². The van der Waals surface area contributed by atoms with Crippen molar-refractivity contribution >= 4 is 23.2 Å². The maximum Gasteiger partial charge on any atom is 0.241 e. The summed E-state index contributed by atoms with van der Waals surface area (Å²) in [5.74, 6) is 0.840. The van der Waals surface area contributed by atoms with Crippen LogP contribution >= 0.6 is 11.6 Å². The summed E-state index contributed by atoms with van der Waals surface area (Å²) < 4.78 is 0. The van der Waals surface area contributed by atoms with Gasteiger partial charge in [-0.15, -0.1) is 0 Å². The molecule has 1 aliphatic heterocycles. The van der Waals surface area contributed by atoms with Crippen LogP contribution in [0.2, 0.25) is 5.02 Å². The number of rotatable bonds is 5. The van der Waals surface area contributed by atoms with Crippen molar-refractivity contribution in [3.63, 3.8) is 0 Å². The Labute approximate surface area is 155 Å². The second-order valence-corrected chi connectivity index (χ2v) is 7.26. The van der Waals surface area contributed by atoms with E-state index in [1.807, 2.05) is 30.0 Å². The highest BCUT2D eigenvalue weighted by atomic mass is 35.5. The van der Waals surface area contributed by atoms with Gasteiger partial charge in [0, 0.05) is 23.8 Å². The van der Waals surface area contributed by atoms with E-state index in [9.17, 15) is 4.79 Å². The summed E-state index contributed by atoms with van der Waals surface area (Å²) in [6.45, 7) is 4.04. The molecule has 1 saturated heterocycles. The van der Waals surface area contributed by atoms with Crippen molar-refractivity contribution in [2.75, 3.05) is 25.0 Å². The van der Waals surface area contributed by atoms with Crippen LogP contribution in [0.4, 0.5) is 5.69 Å². The molecular formula is C21H25ClN2O. The fourth-order valence-electron chi connectivity index (χ4n) is 3.40. The molecule has 3 rings (SSSR count). The van der Waals surface area contributed by atoms with Gasteiger partial charge in [-0.3, -0.25) is 4.79 Å². The van der Waals surface area contributed by atoms with Gasteiger partial charge in [0.05, 0.1) is 6.54 Å². The molecule has 0 atom stereocenters. The van der Waals surface area contributed by atoms with Gasteiger partial charge >= 0.3 is 0 Å². The fraction of sp³-hybridized carbons (Fsp3) is 0.381. The van der Waals surface area contributed by atoms with E-state index in [2.05, 4.69) is 35.6 Å². The molecule has 1 N–H and O–H groups in total. The molecule has 2 aromatic carbocycles. The number of likely N-dealkylation sites (tertiary alicyclic amines) is 1. The van der Waals surface area contributed by atoms with E-state index in [4.69, 9.17) is 11.6 Å². The highest BCUT2D eigenvalue weighted by molar-refractivity contribution is 6.30. The van der Waals surface area contributed by atoms with E-state index in [0.29, 0.717) is 17.5 Å². The summed E-state index contributed by atoms with van der Waals surface area (Å²) in [6, 6.07) is 16.3. The Morgan fingerprint density at radius 3 is 2.60 bits per heavy atom. The Kier molecular flexibility index (Phi) is 5.98. The minimum Gasteiger partial charge on any atom is -0.376 e. The summed E-state index contributed by atoms with van der Waals surface area (Å²) in [6.07, 6.45) is 3.27. The van der Waals surface area contributed by atoms with Crippen LogP contribution in [0.25, 0.3) is 0 Å². The standard InChI is InChI=1S/C21H25ClN2O/c1-16-7-8-19(22)14-20(16)23-15-21(25)24-11-9-18(10-12-24)13-17-5-3-2-4-6-17/h2-8,14,18,23H,9-13,15H2,1H3. The lowest BCUT2D eigenvalue weighted by Crippen LogP contribution is -2.41. The number of aryl methyl sites for hydroxylation is 1. The van der Waals surface area contributed by atoms with E-state index in [1.54, 1.807) is 0 Å². The van der Waals surface area contributed by atoms with Crippen LogP contribution in [0, 0.1) is 12.8 Å². The Balaban J connectivity index is 1.46. The van der Waals surface area contributed by atoms with Crippen LogP contribution in [0.15, 0.2) is 48.5 Å². The number of nitrogens with one attached hydrogen (secondary N) is 1. The number of hydrogen-bond donors (Lipinski definition) is 1. The van der Waals surface area contributed by atoms with Crippen molar-refractivity contribution in [3.05, 3.63) is 64.7 Å². The van der Waals surface area contributed by atoms with Gasteiger partial charge in [-0.05, 0) is 55.4 Å². The van der Waals surface area contributed by atoms with Crippen LogP contribution in [-0.4, -0.2) is 30.4 Å². The SMILES string of the molecule is Cc1ccc(Cl)cc1NCC(=O)N1CCC(Cc2ccccc2)CC1. The third-order valence-corrected chi connectivity index (χ3v) is 5.20. The monoisotopic (exact) mass is 356 g/mol. The highest BCUT2D eigenvalue weighted by Gasteiger charge is 2.22. The fourth-order valence-corrected chi connectivity index (χ4v) is 3.57. The number of nitrogens with zero attached hydrogens (tertiary/aromatic N) is 1. The Hall–Kier alpha value is -2.00. The number of carbonyl (C=O) groups excluding carboxylic acids is 1. The molecule has 3 nitrogen and oxygen atoms in total. The van der Waals surface area contributed by atoms with E-state index in [-0.39, 0.29) is 5.91 Å². The summed E-state index contributed by atoms with van der Waals surface area (Å²) in [7, 11) is 0. The average molecular weight is 357 g/mol. The van der Waals surface area contributed by atoms with Crippen molar-refractivity contribution in [1.29, 1.82) is 0 Å². The molecule has 0 saturated carbocycles. The maximum absolute atomic E-state index is 12.5. The first-order chi connectivity index (χ1) is 12.1. The first-order valence-electron chi connectivity index (χ1n) is 8.93. The number of carbonyl (C=O) groups is 1. The van der Waals surface area contributed by atoms with Crippen molar-refractivity contribution in [3.8, 4) is 0 Å². The topological polar surface area (TPSA) is 32.3 Å². The smallest absolute Gasteiger partial charge is 0.241 e. The lowest BCUT2D eigenvalue weighted by atomic mass is 9.90.